The molecule has 1 saturated heterocycles. The van der Waals surface area contributed by atoms with Crippen molar-refractivity contribution in [2.24, 2.45) is 0 Å². The lowest BCUT2D eigenvalue weighted by Crippen LogP contribution is -2.39. The van der Waals surface area contributed by atoms with Gasteiger partial charge >= 0.3 is 0 Å². The second-order valence-electron chi connectivity index (χ2n) is 5.20. The largest absolute Gasteiger partial charge is 0.339 e. The molecule has 7 heteroatoms. The van der Waals surface area contributed by atoms with Crippen molar-refractivity contribution in [1.29, 1.82) is 0 Å². The van der Waals surface area contributed by atoms with Crippen molar-refractivity contribution >= 4 is 23.4 Å². The lowest BCUT2D eigenvalue weighted by molar-refractivity contribution is -0.116. The van der Waals surface area contributed by atoms with Crippen molar-refractivity contribution in [2.45, 2.75) is 19.4 Å². The van der Waals surface area contributed by atoms with E-state index in [2.05, 4.69) is 20.8 Å². The minimum absolute atomic E-state index is 0.0152. The fourth-order valence-corrected chi connectivity index (χ4v) is 3.29. The fourth-order valence-electron chi connectivity index (χ4n) is 2.34. The molecule has 0 saturated carbocycles. The molecule has 1 atom stereocenters. The topological polar surface area (TPSA) is 80.0 Å². The number of aryl methyl sites for hydroxylation is 1. The monoisotopic (exact) mass is 318 g/mol. The van der Waals surface area contributed by atoms with Gasteiger partial charge in [0.25, 0.3) is 0 Å². The van der Waals surface area contributed by atoms with Gasteiger partial charge in [-0.3, -0.25) is 4.79 Å². The van der Waals surface area contributed by atoms with Crippen molar-refractivity contribution in [3.05, 3.63) is 30.2 Å². The second kappa shape index (κ2) is 6.93. The predicted octanol–water partition coefficient (Wildman–Crippen LogP) is 2.08. The van der Waals surface area contributed by atoms with Crippen LogP contribution in [0.3, 0.4) is 0 Å². The normalized spacial score (nSPS) is 18.1. The number of anilines is 1. The van der Waals surface area contributed by atoms with Crippen LogP contribution in [-0.4, -0.2) is 40.1 Å². The van der Waals surface area contributed by atoms with Crippen LogP contribution in [-0.2, 0) is 4.79 Å². The zero-order valence-corrected chi connectivity index (χ0v) is 13.2. The Balaban J connectivity index is 1.63. The zero-order valence-electron chi connectivity index (χ0n) is 12.3. The van der Waals surface area contributed by atoms with Crippen LogP contribution < -0.4 is 10.6 Å². The number of nitrogens with zero attached hydrogens (tertiary/aromatic N) is 2. The van der Waals surface area contributed by atoms with E-state index in [1.54, 1.807) is 6.92 Å². The lowest BCUT2D eigenvalue weighted by Gasteiger charge is -2.22. The summed E-state index contributed by atoms with van der Waals surface area (Å²) in [4.78, 5) is 16.3. The summed E-state index contributed by atoms with van der Waals surface area (Å²) in [7, 11) is 0. The number of benzene rings is 1. The molecule has 2 aromatic rings. The summed E-state index contributed by atoms with van der Waals surface area (Å²) < 4.78 is 4.98. The molecule has 1 aromatic heterocycles. The molecule has 1 aliphatic rings. The molecule has 6 nitrogen and oxygen atoms in total. The molecule has 0 spiro atoms. The van der Waals surface area contributed by atoms with Crippen molar-refractivity contribution in [1.82, 2.24) is 15.5 Å². The van der Waals surface area contributed by atoms with Crippen LogP contribution in [0.2, 0.25) is 0 Å². The minimum Gasteiger partial charge on any atom is -0.339 e. The van der Waals surface area contributed by atoms with E-state index in [0.29, 0.717) is 18.1 Å². The molecule has 1 unspecified atom stereocenters. The Labute approximate surface area is 133 Å². The number of rotatable bonds is 4. The number of thioether (sulfide) groups is 1. The molecular formula is C15H18N4O2S. The number of carbonyl (C=O) groups is 1. The highest BCUT2D eigenvalue weighted by molar-refractivity contribution is 7.99. The first kappa shape index (κ1) is 15.1. The van der Waals surface area contributed by atoms with Gasteiger partial charge in [-0.2, -0.15) is 16.7 Å². The number of aromatic nitrogens is 2. The molecule has 116 valence electrons. The Hall–Kier alpha value is -1.86. The maximum absolute atomic E-state index is 12.1. The predicted molar refractivity (Wildman–Crippen MR) is 86.8 cm³/mol. The van der Waals surface area contributed by atoms with E-state index >= 15 is 0 Å². The highest BCUT2D eigenvalue weighted by Gasteiger charge is 2.17. The molecule has 1 aromatic carbocycles. The van der Waals surface area contributed by atoms with E-state index in [1.165, 1.54) is 0 Å². The molecule has 0 bridgehead atoms. The molecule has 1 amide bonds. The van der Waals surface area contributed by atoms with Crippen LogP contribution in [0.5, 0.6) is 0 Å². The fraction of sp³-hybridized carbons (Fsp3) is 0.400. The minimum atomic E-state index is 0.0152. The lowest BCUT2D eigenvalue weighted by atomic mass is 10.1. The summed E-state index contributed by atoms with van der Waals surface area (Å²) in [6, 6.07) is 7.72. The van der Waals surface area contributed by atoms with Gasteiger partial charge in [0.2, 0.25) is 17.6 Å². The summed E-state index contributed by atoms with van der Waals surface area (Å²) in [5.74, 6) is 3.16. The SMILES string of the molecule is Cc1nc(-c2cccc(NC(=O)CC3CSCCN3)c2)no1. The number of hydrogen-bond donors (Lipinski definition) is 2. The maximum Gasteiger partial charge on any atom is 0.225 e. The Kier molecular flexibility index (Phi) is 4.74. The standard InChI is InChI=1S/C15H18N4O2S/c1-10-17-15(19-21-10)11-3-2-4-12(7-11)18-14(20)8-13-9-22-6-5-16-13/h2-4,7,13,16H,5-6,8-9H2,1H3,(H,18,20). The molecule has 1 fully saturated rings. The van der Waals surface area contributed by atoms with Gasteiger partial charge in [0, 0.05) is 48.7 Å². The second-order valence-corrected chi connectivity index (χ2v) is 6.35. The number of hydrogen-bond acceptors (Lipinski definition) is 6. The maximum atomic E-state index is 12.1. The van der Waals surface area contributed by atoms with Gasteiger partial charge in [0.1, 0.15) is 0 Å². The van der Waals surface area contributed by atoms with E-state index in [0.717, 1.165) is 29.3 Å². The van der Waals surface area contributed by atoms with Crippen LogP contribution in [0, 0.1) is 6.92 Å². The van der Waals surface area contributed by atoms with Gasteiger partial charge in [-0.05, 0) is 12.1 Å². The summed E-state index contributed by atoms with van der Waals surface area (Å²) in [5.41, 5.74) is 1.56. The zero-order chi connectivity index (χ0) is 15.4. The van der Waals surface area contributed by atoms with E-state index in [-0.39, 0.29) is 11.9 Å². The summed E-state index contributed by atoms with van der Waals surface area (Å²) >= 11 is 1.88. The van der Waals surface area contributed by atoms with Crippen molar-refractivity contribution in [3.8, 4) is 11.4 Å². The van der Waals surface area contributed by atoms with Crippen molar-refractivity contribution in [2.75, 3.05) is 23.4 Å². The third kappa shape index (κ3) is 3.86. The van der Waals surface area contributed by atoms with Crippen molar-refractivity contribution < 1.29 is 9.32 Å². The van der Waals surface area contributed by atoms with E-state index in [1.807, 2.05) is 36.0 Å². The number of nitrogens with one attached hydrogen (secondary N) is 2. The van der Waals surface area contributed by atoms with Gasteiger partial charge in [-0.25, -0.2) is 0 Å². The molecule has 1 aliphatic heterocycles. The average molecular weight is 318 g/mol. The summed E-state index contributed by atoms with van der Waals surface area (Å²) in [6.07, 6.45) is 0.485. The Bertz CT molecular complexity index is 652. The first-order valence-corrected chi connectivity index (χ1v) is 8.38. The van der Waals surface area contributed by atoms with Gasteiger partial charge in [0.05, 0.1) is 0 Å². The molecule has 22 heavy (non-hydrogen) atoms. The van der Waals surface area contributed by atoms with Crippen LogP contribution in [0.25, 0.3) is 11.4 Å². The first-order valence-electron chi connectivity index (χ1n) is 7.22. The van der Waals surface area contributed by atoms with E-state index in [4.69, 9.17) is 4.52 Å². The summed E-state index contributed by atoms with van der Waals surface area (Å²) in [6.45, 7) is 2.71. The molecular weight excluding hydrogens is 300 g/mol. The highest BCUT2D eigenvalue weighted by atomic mass is 32.2. The van der Waals surface area contributed by atoms with Crippen LogP contribution >= 0.6 is 11.8 Å². The van der Waals surface area contributed by atoms with E-state index in [9.17, 15) is 4.79 Å². The van der Waals surface area contributed by atoms with Crippen LogP contribution in [0.4, 0.5) is 5.69 Å². The molecule has 0 radical (unpaired) electrons. The van der Waals surface area contributed by atoms with E-state index < -0.39 is 0 Å². The molecule has 2 heterocycles. The quantitative estimate of drug-likeness (QED) is 0.898. The van der Waals surface area contributed by atoms with Crippen molar-refractivity contribution in [3.63, 3.8) is 0 Å². The first-order chi connectivity index (χ1) is 10.7. The Morgan fingerprint density at radius 3 is 3.18 bits per heavy atom. The Morgan fingerprint density at radius 1 is 1.55 bits per heavy atom. The summed E-state index contributed by atoms with van der Waals surface area (Å²) in [5, 5.41) is 10.2. The molecule has 0 aliphatic carbocycles. The Morgan fingerprint density at radius 2 is 2.45 bits per heavy atom. The number of amides is 1. The van der Waals surface area contributed by atoms with Gasteiger partial charge in [-0.1, -0.05) is 17.3 Å². The van der Waals surface area contributed by atoms with Gasteiger partial charge in [0.15, 0.2) is 0 Å². The van der Waals surface area contributed by atoms with Gasteiger partial charge < -0.3 is 15.2 Å². The highest BCUT2D eigenvalue weighted by Crippen LogP contribution is 2.20. The van der Waals surface area contributed by atoms with Crippen LogP contribution in [0.15, 0.2) is 28.8 Å². The third-order valence-electron chi connectivity index (χ3n) is 3.36. The molecule has 2 N–H and O–H groups in total. The number of carbonyl (C=O) groups excluding carboxylic acids is 1. The van der Waals surface area contributed by atoms with Gasteiger partial charge in [-0.15, -0.1) is 0 Å². The third-order valence-corrected chi connectivity index (χ3v) is 4.49. The van der Waals surface area contributed by atoms with Crippen LogP contribution in [0.1, 0.15) is 12.3 Å². The smallest absolute Gasteiger partial charge is 0.225 e. The molecule has 3 rings (SSSR count). The average Bonchev–Trinajstić information content (AvgIpc) is 2.95.